The van der Waals surface area contributed by atoms with Gasteiger partial charge in [-0.15, -0.1) is 11.3 Å². The van der Waals surface area contributed by atoms with Gasteiger partial charge in [0, 0.05) is 36.6 Å². The van der Waals surface area contributed by atoms with Crippen LogP contribution in [0.25, 0.3) is 10.4 Å². The summed E-state index contributed by atoms with van der Waals surface area (Å²) in [5, 5.41) is 5.09. The number of nitrogens with one attached hydrogen (secondary N) is 1. The van der Waals surface area contributed by atoms with Crippen LogP contribution in [0.5, 0.6) is 0 Å². The van der Waals surface area contributed by atoms with Crippen LogP contribution in [0.2, 0.25) is 0 Å². The first-order valence-electron chi connectivity index (χ1n) is 11.6. The van der Waals surface area contributed by atoms with Crippen LogP contribution in [0, 0.1) is 5.92 Å². The van der Waals surface area contributed by atoms with E-state index in [-0.39, 0.29) is 11.8 Å². The topological polar surface area (TPSA) is 52.7 Å². The fraction of sp³-hybridized carbons (Fsp3) is 0.520. The normalized spacial score (nSPS) is 16.8. The summed E-state index contributed by atoms with van der Waals surface area (Å²) in [5.74, 6) is 0.443. The van der Waals surface area contributed by atoms with Crippen molar-refractivity contribution in [3.05, 3.63) is 47.3 Å². The lowest BCUT2D eigenvalue weighted by molar-refractivity contribution is -0.137. The van der Waals surface area contributed by atoms with Crippen LogP contribution in [-0.4, -0.2) is 60.9 Å². The number of carbonyl (C=O) groups excluding carboxylic acids is 2. The molecule has 168 valence electrons. The predicted octanol–water partition coefficient (Wildman–Crippen LogP) is 4.51. The van der Waals surface area contributed by atoms with Crippen LogP contribution in [0.15, 0.2) is 41.8 Å². The molecule has 3 rings (SSSR count). The molecule has 2 heterocycles. The van der Waals surface area contributed by atoms with Gasteiger partial charge >= 0.3 is 0 Å². The minimum Gasteiger partial charge on any atom is -0.352 e. The van der Waals surface area contributed by atoms with Crippen molar-refractivity contribution in [1.29, 1.82) is 0 Å². The first-order valence-corrected chi connectivity index (χ1v) is 12.4. The summed E-state index contributed by atoms with van der Waals surface area (Å²) in [6.07, 6.45) is 4.08. The summed E-state index contributed by atoms with van der Waals surface area (Å²) in [4.78, 5) is 30.6. The van der Waals surface area contributed by atoms with Gasteiger partial charge in [0.1, 0.15) is 0 Å². The van der Waals surface area contributed by atoms with Crippen molar-refractivity contribution in [3.8, 4) is 10.4 Å². The van der Waals surface area contributed by atoms with Gasteiger partial charge in [-0.05, 0) is 81.8 Å². The highest BCUT2D eigenvalue weighted by Gasteiger charge is 2.27. The second-order valence-corrected chi connectivity index (χ2v) is 9.12. The smallest absolute Gasteiger partial charge is 0.251 e. The molecule has 2 aromatic rings. The molecule has 6 heteroatoms. The van der Waals surface area contributed by atoms with Crippen molar-refractivity contribution >= 4 is 23.2 Å². The minimum atomic E-state index is -0.0133. The van der Waals surface area contributed by atoms with Gasteiger partial charge in [0.15, 0.2) is 0 Å². The van der Waals surface area contributed by atoms with Crippen molar-refractivity contribution in [3.63, 3.8) is 0 Å². The molecule has 1 saturated heterocycles. The summed E-state index contributed by atoms with van der Waals surface area (Å²) in [6, 6.07) is 11.9. The number of carbonyl (C=O) groups is 2. The zero-order valence-corrected chi connectivity index (χ0v) is 19.6. The molecule has 5 nitrogen and oxygen atoms in total. The fourth-order valence-corrected chi connectivity index (χ4v) is 4.98. The van der Waals surface area contributed by atoms with Gasteiger partial charge in [-0.2, -0.15) is 0 Å². The summed E-state index contributed by atoms with van der Waals surface area (Å²) < 4.78 is 0. The van der Waals surface area contributed by atoms with E-state index in [4.69, 9.17) is 0 Å². The van der Waals surface area contributed by atoms with E-state index >= 15 is 0 Å². The quantitative estimate of drug-likeness (QED) is 0.552. The van der Waals surface area contributed by atoms with E-state index in [2.05, 4.69) is 21.7 Å². The summed E-state index contributed by atoms with van der Waals surface area (Å²) >= 11 is 1.70. The van der Waals surface area contributed by atoms with E-state index in [0.29, 0.717) is 18.0 Å². The minimum absolute atomic E-state index is 0.0133. The molecule has 1 atom stereocenters. The third-order valence-corrected chi connectivity index (χ3v) is 6.99. The van der Waals surface area contributed by atoms with Crippen molar-refractivity contribution in [1.82, 2.24) is 15.1 Å². The highest BCUT2D eigenvalue weighted by Crippen LogP contribution is 2.24. The molecule has 0 spiro atoms. The van der Waals surface area contributed by atoms with Gasteiger partial charge < -0.3 is 15.1 Å². The fourth-order valence-electron chi connectivity index (χ4n) is 4.25. The number of thiophene rings is 1. The Morgan fingerprint density at radius 3 is 2.58 bits per heavy atom. The largest absolute Gasteiger partial charge is 0.352 e. The number of piperidine rings is 1. The molecule has 1 aliphatic heterocycles. The maximum absolute atomic E-state index is 12.6. The molecular formula is C25H35N3O2S. The average molecular weight is 442 g/mol. The summed E-state index contributed by atoms with van der Waals surface area (Å²) in [6.45, 7) is 9.31. The summed E-state index contributed by atoms with van der Waals surface area (Å²) in [7, 11) is 0. The maximum Gasteiger partial charge on any atom is 0.251 e. The maximum atomic E-state index is 12.6. The van der Waals surface area contributed by atoms with E-state index in [1.165, 1.54) is 4.88 Å². The number of likely N-dealkylation sites (tertiary alicyclic amines) is 1. The van der Waals surface area contributed by atoms with E-state index < -0.39 is 0 Å². The van der Waals surface area contributed by atoms with E-state index in [1.54, 1.807) is 11.3 Å². The lowest BCUT2D eigenvalue weighted by atomic mass is 9.96. The van der Waals surface area contributed by atoms with Crippen LogP contribution in [-0.2, 0) is 4.79 Å². The molecule has 2 amide bonds. The number of amides is 2. The van der Waals surface area contributed by atoms with Crippen LogP contribution in [0.4, 0.5) is 0 Å². The zero-order chi connectivity index (χ0) is 22.1. The average Bonchev–Trinajstić information content (AvgIpc) is 3.35. The number of hydrogen-bond acceptors (Lipinski definition) is 4. The van der Waals surface area contributed by atoms with Gasteiger partial charge in [0.2, 0.25) is 5.91 Å². The van der Waals surface area contributed by atoms with Gasteiger partial charge in [-0.25, -0.2) is 0 Å². The summed E-state index contributed by atoms with van der Waals surface area (Å²) in [5.41, 5.74) is 1.85. The molecule has 1 aliphatic rings. The highest BCUT2D eigenvalue weighted by molar-refractivity contribution is 7.13. The Labute approximate surface area is 190 Å². The molecule has 31 heavy (non-hydrogen) atoms. The second kappa shape index (κ2) is 12.0. The van der Waals surface area contributed by atoms with Crippen LogP contribution < -0.4 is 5.32 Å². The lowest BCUT2D eigenvalue weighted by Gasteiger charge is -2.34. The molecule has 0 saturated carbocycles. The number of hydrogen-bond donors (Lipinski definition) is 1. The van der Waals surface area contributed by atoms with Gasteiger partial charge in [0.05, 0.1) is 5.92 Å². The molecule has 1 fully saturated rings. The Morgan fingerprint density at radius 1 is 1.13 bits per heavy atom. The Hall–Kier alpha value is -2.18. The molecule has 1 N–H and O–H groups in total. The van der Waals surface area contributed by atoms with Crippen molar-refractivity contribution in [2.45, 2.75) is 39.5 Å². The standard InChI is InChI=1S/C25H35N3O2S/c1-3-28(4-2)25(30)22-9-7-17-27(19-22)16-6-5-15-26-24(29)21-13-11-20(12-14-21)23-10-8-18-31-23/h8,10-14,18,22H,3-7,9,15-17,19H2,1-2H3,(H,26,29). The Balaban J connectivity index is 1.35. The number of benzene rings is 1. The Morgan fingerprint density at radius 2 is 1.90 bits per heavy atom. The van der Waals surface area contributed by atoms with E-state index in [0.717, 1.165) is 64.0 Å². The van der Waals surface area contributed by atoms with Crippen molar-refractivity contribution < 1.29 is 9.59 Å². The SMILES string of the molecule is CCN(CC)C(=O)C1CCCN(CCCCNC(=O)c2ccc(-c3cccs3)cc2)C1. The number of rotatable bonds is 10. The molecule has 0 bridgehead atoms. The number of unbranched alkanes of at least 4 members (excludes halogenated alkanes) is 1. The van der Waals surface area contributed by atoms with Crippen molar-refractivity contribution in [2.24, 2.45) is 5.92 Å². The molecule has 1 unspecified atom stereocenters. The van der Waals surface area contributed by atoms with Crippen LogP contribution >= 0.6 is 11.3 Å². The molecule has 1 aromatic carbocycles. The monoisotopic (exact) mass is 441 g/mol. The first-order chi connectivity index (χ1) is 15.1. The van der Waals surface area contributed by atoms with Crippen molar-refractivity contribution in [2.75, 3.05) is 39.3 Å². The number of nitrogens with zero attached hydrogens (tertiary/aromatic N) is 2. The molecule has 1 aromatic heterocycles. The third-order valence-electron chi connectivity index (χ3n) is 6.07. The van der Waals surface area contributed by atoms with Gasteiger partial charge in [-0.3, -0.25) is 9.59 Å². The van der Waals surface area contributed by atoms with E-state index in [1.807, 2.05) is 49.1 Å². The predicted molar refractivity (Wildman–Crippen MR) is 128 cm³/mol. The Kier molecular flexibility index (Phi) is 9.10. The highest BCUT2D eigenvalue weighted by atomic mass is 32.1. The Bertz CT molecular complexity index is 816. The van der Waals surface area contributed by atoms with Crippen LogP contribution in [0.1, 0.15) is 49.9 Å². The zero-order valence-electron chi connectivity index (χ0n) is 18.8. The lowest BCUT2D eigenvalue weighted by Crippen LogP contribution is -2.45. The molecule has 0 aliphatic carbocycles. The second-order valence-electron chi connectivity index (χ2n) is 8.17. The van der Waals surface area contributed by atoms with Gasteiger partial charge in [-0.1, -0.05) is 18.2 Å². The molecule has 0 radical (unpaired) electrons. The van der Waals surface area contributed by atoms with E-state index in [9.17, 15) is 9.59 Å². The van der Waals surface area contributed by atoms with Gasteiger partial charge in [0.25, 0.3) is 5.91 Å². The first kappa shape index (κ1) is 23.5. The molecular weight excluding hydrogens is 406 g/mol. The van der Waals surface area contributed by atoms with Crippen LogP contribution in [0.3, 0.4) is 0 Å². The third kappa shape index (κ3) is 6.65.